The van der Waals surface area contributed by atoms with Gasteiger partial charge in [-0.05, 0) is 13.0 Å². The number of hydrogen-bond donors (Lipinski definition) is 1. The molecule has 4 nitrogen and oxygen atoms in total. The maximum Gasteiger partial charge on any atom is 0.417 e. The highest BCUT2D eigenvalue weighted by Crippen LogP contribution is 2.36. The van der Waals surface area contributed by atoms with E-state index in [2.05, 4.69) is 14.7 Å². The SMILES string of the molecule is COC(=O)c1nc(-c2ccccc2C(F)(F)F)[nH]c1C. The molecule has 0 amide bonds. The molecule has 1 aromatic heterocycles. The minimum absolute atomic E-state index is 0.0178. The van der Waals surface area contributed by atoms with Crippen molar-refractivity contribution in [2.45, 2.75) is 13.1 Å². The van der Waals surface area contributed by atoms with Crippen molar-refractivity contribution in [1.29, 1.82) is 0 Å². The van der Waals surface area contributed by atoms with Crippen molar-refractivity contribution < 1.29 is 22.7 Å². The van der Waals surface area contributed by atoms with Crippen molar-refractivity contribution in [3.05, 3.63) is 41.2 Å². The van der Waals surface area contributed by atoms with Gasteiger partial charge in [-0.1, -0.05) is 18.2 Å². The average Bonchev–Trinajstić information content (AvgIpc) is 2.79. The summed E-state index contributed by atoms with van der Waals surface area (Å²) in [5.41, 5.74) is -0.605. The van der Waals surface area contributed by atoms with Gasteiger partial charge in [-0.3, -0.25) is 0 Å². The number of imidazole rings is 1. The predicted molar refractivity (Wildman–Crippen MR) is 65.1 cm³/mol. The van der Waals surface area contributed by atoms with Crippen LogP contribution in [-0.2, 0) is 10.9 Å². The fraction of sp³-hybridized carbons (Fsp3) is 0.231. The predicted octanol–water partition coefficient (Wildman–Crippen LogP) is 3.19. The largest absolute Gasteiger partial charge is 0.464 e. The number of rotatable bonds is 2. The number of hydrogen-bond acceptors (Lipinski definition) is 3. The van der Waals surface area contributed by atoms with E-state index in [-0.39, 0.29) is 17.1 Å². The van der Waals surface area contributed by atoms with Gasteiger partial charge in [0.25, 0.3) is 0 Å². The van der Waals surface area contributed by atoms with Crippen LogP contribution in [0.4, 0.5) is 13.2 Å². The second-order valence-corrected chi connectivity index (χ2v) is 4.09. The number of benzene rings is 1. The van der Waals surface area contributed by atoms with E-state index in [0.29, 0.717) is 5.69 Å². The summed E-state index contributed by atoms with van der Waals surface area (Å²) in [6, 6.07) is 5.02. The van der Waals surface area contributed by atoms with Gasteiger partial charge in [-0.25, -0.2) is 9.78 Å². The third kappa shape index (κ3) is 2.52. The highest BCUT2D eigenvalue weighted by molar-refractivity contribution is 5.89. The Morgan fingerprint density at radius 3 is 2.55 bits per heavy atom. The van der Waals surface area contributed by atoms with Crippen LogP contribution in [-0.4, -0.2) is 23.0 Å². The molecule has 0 aliphatic rings. The third-order valence-corrected chi connectivity index (χ3v) is 2.75. The van der Waals surface area contributed by atoms with Gasteiger partial charge in [-0.15, -0.1) is 0 Å². The van der Waals surface area contributed by atoms with Gasteiger partial charge in [-0.2, -0.15) is 13.2 Å². The molecule has 7 heteroatoms. The Morgan fingerprint density at radius 2 is 1.95 bits per heavy atom. The number of ether oxygens (including phenoxy) is 1. The first-order valence-electron chi connectivity index (χ1n) is 5.66. The normalized spacial score (nSPS) is 11.4. The lowest BCUT2D eigenvalue weighted by Gasteiger charge is -2.10. The Balaban J connectivity index is 2.56. The average molecular weight is 284 g/mol. The molecule has 0 spiro atoms. The zero-order valence-electron chi connectivity index (χ0n) is 10.7. The summed E-state index contributed by atoms with van der Waals surface area (Å²) < 4.78 is 43.3. The second-order valence-electron chi connectivity index (χ2n) is 4.09. The summed E-state index contributed by atoms with van der Waals surface area (Å²) in [6.45, 7) is 1.54. The van der Waals surface area contributed by atoms with Crippen LogP contribution in [0, 0.1) is 6.92 Å². The highest BCUT2D eigenvalue weighted by atomic mass is 19.4. The molecule has 0 unspecified atom stereocenters. The molecule has 2 rings (SSSR count). The first-order valence-corrected chi connectivity index (χ1v) is 5.66. The van der Waals surface area contributed by atoms with Gasteiger partial charge in [0.05, 0.1) is 12.7 Å². The lowest BCUT2D eigenvalue weighted by atomic mass is 10.1. The first kappa shape index (κ1) is 14.1. The molecule has 1 heterocycles. The number of halogens is 3. The van der Waals surface area contributed by atoms with Crippen LogP contribution in [0.3, 0.4) is 0 Å². The number of aryl methyl sites for hydroxylation is 1. The Hall–Kier alpha value is -2.31. The lowest BCUT2D eigenvalue weighted by molar-refractivity contribution is -0.137. The first-order chi connectivity index (χ1) is 9.34. The van der Waals surface area contributed by atoms with E-state index >= 15 is 0 Å². The van der Waals surface area contributed by atoms with Gasteiger partial charge in [0.15, 0.2) is 5.69 Å². The number of nitrogens with one attached hydrogen (secondary N) is 1. The van der Waals surface area contributed by atoms with Crippen molar-refractivity contribution in [2.75, 3.05) is 7.11 Å². The molecular weight excluding hydrogens is 273 g/mol. The van der Waals surface area contributed by atoms with E-state index in [1.165, 1.54) is 25.3 Å². The molecule has 0 saturated heterocycles. The van der Waals surface area contributed by atoms with Crippen molar-refractivity contribution in [2.24, 2.45) is 0 Å². The molecule has 20 heavy (non-hydrogen) atoms. The summed E-state index contributed by atoms with van der Waals surface area (Å²) in [5, 5.41) is 0. The molecule has 1 N–H and O–H groups in total. The second kappa shape index (κ2) is 4.99. The topological polar surface area (TPSA) is 55.0 Å². The van der Waals surface area contributed by atoms with E-state index in [0.717, 1.165) is 6.07 Å². The Bertz CT molecular complexity index is 647. The molecule has 0 aliphatic carbocycles. The summed E-state index contributed by atoms with van der Waals surface area (Å²) >= 11 is 0. The van der Waals surface area contributed by atoms with Crippen LogP contribution in [0.5, 0.6) is 0 Å². The van der Waals surface area contributed by atoms with Crippen LogP contribution >= 0.6 is 0 Å². The minimum atomic E-state index is -4.50. The number of aromatic nitrogens is 2. The monoisotopic (exact) mass is 284 g/mol. The van der Waals surface area contributed by atoms with E-state index in [9.17, 15) is 18.0 Å². The molecule has 1 aromatic carbocycles. The standard InChI is InChI=1S/C13H11F3N2O2/c1-7-10(12(19)20-2)18-11(17-7)8-5-3-4-6-9(8)13(14,15)16/h3-6H,1-2H3,(H,17,18). The molecule has 0 fully saturated rings. The number of aromatic amines is 1. The molecular formula is C13H11F3N2O2. The number of H-pyrrole nitrogens is 1. The Morgan fingerprint density at radius 1 is 1.30 bits per heavy atom. The van der Waals surface area contributed by atoms with Crippen molar-refractivity contribution >= 4 is 5.97 Å². The summed E-state index contributed by atoms with van der Waals surface area (Å²) in [7, 11) is 1.18. The lowest BCUT2D eigenvalue weighted by Crippen LogP contribution is -2.07. The van der Waals surface area contributed by atoms with Gasteiger partial charge in [0.2, 0.25) is 0 Å². The van der Waals surface area contributed by atoms with E-state index in [4.69, 9.17) is 0 Å². The zero-order chi connectivity index (χ0) is 14.9. The fourth-order valence-electron chi connectivity index (χ4n) is 1.82. The van der Waals surface area contributed by atoms with E-state index in [1.807, 2.05) is 0 Å². The van der Waals surface area contributed by atoms with Gasteiger partial charge in [0, 0.05) is 11.3 Å². The summed E-state index contributed by atoms with van der Waals surface area (Å²) in [4.78, 5) is 18.0. The minimum Gasteiger partial charge on any atom is -0.464 e. The molecule has 0 radical (unpaired) electrons. The van der Waals surface area contributed by atoms with Crippen LogP contribution in [0.25, 0.3) is 11.4 Å². The molecule has 0 atom stereocenters. The van der Waals surface area contributed by atoms with Gasteiger partial charge in [0.1, 0.15) is 5.82 Å². The van der Waals surface area contributed by atoms with Crippen molar-refractivity contribution in [3.8, 4) is 11.4 Å². The van der Waals surface area contributed by atoms with Crippen LogP contribution in [0.15, 0.2) is 24.3 Å². The zero-order valence-corrected chi connectivity index (χ0v) is 10.7. The fourth-order valence-corrected chi connectivity index (χ4v) is 1.82. The molecule has 0 saturated carbocycles. The Kier molecular flexibility index (Phi) is 3.52. The van der Waals surface area contributed by atoms with Crippen LogP contribution < -0.4 is 0 Å². The molecule has 106 valence electrons. The number of carbonyl (C=O) groups is 1. The van der Waals surface area contributed by atoms with Gasteiger partial charge >= 0.3 is 12.1 Å². The number of alkyl halides is 3. The smallest absolute Gasteiger partial charge is 0.417 e. The maximum absolute atomic E-state index is 12.9. The van der Waals surface area contributed by atoms with E-state index < -0.39 is 17.7 Å². The Labute approximate surface area is 112 Å². The highest BCUT2D eigenvalue weighted by Gasteiger charge is 2.34. The quantitative estimate of drug-likeness (QED) is 0.862. The summed E-state index contributed by atoms with van der Waals surface area (Å²) in [6.07, 6.45) is -4.50. The number of nitrogens with zero attached hydrogens (tertiary/aromatic N) is 1. The summed E-state index contributed by atoms with van der Waals surface area (Å²) in [5.74, 6) is -0.717. The van der Waals surface area contributed by atoms with E-state index in [1.54, 1.807) is 6.92 Å². The molecule has 0 bridgehead atoms. The molecule has 0 aliphatic heterocycles. The number of methoxy groups -OCH3 is 1. The van der Waals surface area contributed by atoms with Crippen LogP contribution in [0.2, 0.25) is 0 Å². The molecule has 2 aromatic rings. The van der Waals surface area contributed by atoms with Crippen LogP contribution in [0.1, 0.15) is 21.7 Å². The van der Waals surface area contributed by atoms with Crippen molar-refractivity contribution in [1.82, 2.24) is 9.97 Å². The number of esters is 1. The third-order valence-electron chi connectivity index (χ3n) is 2.75. The van der Waals surface area contributed by atoms with Crippen molar-refractivity contribution in [3.63, 3.8) is 0 Å². The maximum atomic E-state index is 12.9. The number of carbonyl (C=O) groups excluding carboxylic acids is 1. The van der Waals surface area contributed by atoms with Gasteiger partial charge < -0.3 is 9.72 Å².